The van der Waals surface area contributed by atoms with Gasteiger partial charge in [-0.25, -0.2) is 0 Å². The van der Waals surface area contributed by atoms with E-state index in [9.17, 15) is 29.7 Å². The number of aliphatic carboxylic acids is 3. The van der Waals surface area contributed by atoms with Gasteiger partial charge in [0.25, 0.3) is 0 Å². The van der Waals surface area contributed by atoms with Crippen LogP contribution in [-0.2, 0) is 25.5 Å². The van der Waals surface area contributed by atoms with Gasteiger partial charge in [0.05, 0.1) is 38.3 Å². The van der Waals surface area contributed by atoms with Crippen LogP contribution in [0.4, 0.5) is 5.69 Å². The van der Waals surface area contributed by atoms with Gasteiger partial charge in [-0.15, -0.1) is 0 Å². The van der Waals surface area contributed by atoms with Crippen molar-refractivity contribution in [3.8, 4) is 0 Å². The van der Waals surface area contributed by atoms with Crippen molar-refractivity contribution in [3.63, 3.8) is 0 Å². The van der Waals surface area contributed by atoms with Crippen LogP contribution in [0.3, 0.4) is 0 Å². The Bertz CT molecular complexity index is 824. The first-order chi connectivity index (χ1) is 16.3. The summed E-state index contributed by atoms with van der Waals surface area (Å²) in [5.41, 5.74) is 3.21. The molecule has 188 valence electrons. The lowest BCUT2D eigenvalue weighted by Gasteiger charge is -2.36. The summed E-state index contributed by atoms with van der Waals surface area (Å²) in [5.74, 6) is -2.94. The third-order valence-corrected chi connectivity index (χ3v) is 5.62. The van der Waals surface area contributed by atoms with Gasteiger partial charge < -0.3 is 25.4 Å². The van der Waals surface area contributed by atoms with Crippen molar-refractivity contribution >= 4 is 41.3 Å². The highest BCUT2D eigenvalue weighted by Crippen LogP contribution is 2.15. The van der Waals surface area contributed by atoms with Crippen molar-refractivity contribution < 1.29 is 34.4 Å². The molecule has 2 rings (SSSR count). The summed E-state index contributed by atoms with van der Waals surface area (Å²) in [4.78, 5) is 39.6. The van der Waals surface area contributed by atoms with E-state index in [0.717, 1.165) is 11.3 Å². The molecule has 34 heavy (non-hydrogen) atoms. The van der Waals surface area contributed by atoms with Gasteiger partial charge >= 0.3 is 17.9 Å². The molecule has 0 saturated carbocycles. The maximum Gasteiger partial charge on any atom is 0.317 e. The third-order valence-electron chi connectivity index (χ3n) is 5.50. The fraction of sp³-hybridized carbons (Fsp3) is 0.545. The summed E-state index contributed by atoms with van der Waals surface area (Å²) in [6, 6.07) is 7.29. The molecule has 1 aliphatic rings. The molecule has 0 radical (unpaired) electrons. The summed E-state index contributed by atoms with van der Waals surface area (Å²) in [5, 5.41) is 31.0. The molecule has 11 nitrogen and oxygen atoms in total. The number of carboxylic acids is 3. The Hall–Kier alpha value is -2.64. The molecule has 1 unspecified atom stereocenters. The van der Waals surface area contributed by atoms with E-state index in [-0.39, 0.29) is 32.3 Å². The molecular weight excluding hydrogens is 464 g/mol. The molecular formula is C22H32N4O7S. The van der Waals surface area contributed by atoms with Crippen LogP contribution in [0, 0.1) is 0 Å². The second-order valence-corrected chi connectivity index (χ2v) is 8.33. The Labute approximate surface area is 203 Å². The number of rotatable bonds is 10. The van der Waals surface area contributed by atoms with Crippen LogP contribution in [-0.4, -0.2) is 125 Å². The first kappa shape index (κ1) is 27.6. The second-order valence-electron chi connectivity index (χ2n) is 8.09. The van der Waals surface area contributed by atoms with E-state index in [2.05, 4.69) is 5.32 Å². The zero-order valence-electron chi connectivity index (χ0n) is 19.0. The van der Waals surface area contributed by atoms with Crippen LogP contribution in [0.2, 0.25) is 0 Å². The number of anilines is 1. The Balaban J connectivity index is 2.27. The lowest BCUT2D eigenvalue weighted by Crippen LogP contribution is -2.51. The number of hydrogen-bond acceptors (Lipinski definition) is 8. The standard InChI is InChI=1S/C22H32N4O7S/c27-20(28)13-24-5-6-25(14-21(29)30)12-19(11-17-1-3-18(4-2-17)23-16-34)26(15-22(31)32)8-10-33-9-7-24/h1-4,16,19H,5-15H2,(H,23,34)(H,27,28)(H,29,30)(H,31,32). The smallest absolute Gasteiger partial charge is 0.317 e. The maximum absolute atomic E-state index is 11.6. The first-order valence-electron chi connectivity index (χ1n) is 11.0. The maximum atomic E-state index is 11.6. The van der Waals surface area contributed by atoms with Gasteiger partial charge in [0, 0.05) is 44.5 Å². The summed E-state index contributed by atoms with van der Waals surface area (Å²) in [7, 11) is 0. The van der Waals surface area contributed by atoms with Crippen molar-refractivity contribution in [1.82, 2.24) is 14.7 Å². The zero-order valence-corrected chi connectivity index (χ0v) is 19.8. The van der Waals surface area contributed by atoms with Crippen molar-refractivity contribution in [2.24, 2.45) is 0 Å². The zero-order chi connectivity index (χ0) is 24.9. The van der Waals surface area contributed by atoms with Gasteiger partial charge in [-0.1, -0.05) is 24.4 Å². The van der Waals surface area contributed by atoms with Crippen LogP contribution < -0.4 is 5.32 Å². The van der Waals surface area contributed by atoms with E-state index in [1.54, 1.807) is 14.7 Å². The Morgan fingerprint density at radius 3 is 2.12 bits per heavy atom. The molecule has 1 heterocycles. The van der Waals surface area contributed by atoms with Gasteiger partial charge in [-0.05, 0) is 24.1 Å². The molecule has 1 fully saturated rings. The highest BCUT2D eigenvalue weighted by atomic mass is 32.1. The Morgan fingerprint density at radius 2 is 1.50 bits per heavy atom. The van der Waals surface area contributed by atoms with Crippen molar-refractivity contribution in [3.05, 3.63) is 29.8 Å². The fourth-order valence-corrected chi connectivity index (χ4v) is 4.03. The van der Waals surface area contributed by atoms with Gasteiger partial charge in [-0.2, -0.15) is 0 Å². The molecule has 0 amide bonds. The molecule has 1 aromatic rings. The number of carbonyl (C=O) groups is 3. The largest absolute Gasteiger partial charge is 0.480 e. The second kappa shape index (κ2) is 14.6. The molecule has 1 aliphatic heterocycles. The summed E-state index contributed by atoms with van der Waals surface area (Å²) >= 11 is 4.80. The van der Waals surface area contributed by atoms with E-state index < -0.39 is 17.9 Å². The van der Waals surface area contributed by atoms with Crippen LogP contribution in [0.5, 0.6) is 0 Å². The minimum Gasteiger partial charge on any atom is -0.480 e. The monoisotopic (exact) mass is 496 g/mol. The van der Waals surface area contributed by atoms with Crippen LogP contribution in [0.15, 0.2) is 24.3 Å². The minimum absolute atomic E-state index is 0.166. The first-order valence-corrected chi connectivity index (χ1v) is 11.4. The molecule has 0 bridgehead atoms. The van der Waals surface area contributed by atoms with Crippen LogP contribution >= 0.6 is 12.2 Å². The van der Waals surface area contributed by atoms with Crippen molar-refractivity contribution in [1.29, 1.82) is 0 Å². The number of thiocarbonyl (C=S) groups is 1. The lowest BCUT2D eigenvalue weighted by molar-refractivity contribution is -0.141. The Morgan fingerprint density at radius 1 is 0.912 bits per heavy atom. The molecule has 0 aromatic heterocycles. The van der Waals surface area contributed by atoms with Crippen molar-refractivity contribution in [2.45, 2.75) is 12.5 Å². The number of carboxylic acid groups (broad SMARTS) is 3. The van der Waals surface area contributed by atoms with E-state index in [1.807, 2.05) is 24.3 Å². The predicted octanol–water partition coefficient (Wildman–Crippen LogP) is 0.157. The van der Waals surface area contributed by atoms with Gasteiger partial charge in [0.1, 0.15) is 0 Å². The molecule has 0 spiro atoms. The van der Waals surface area contributed by atoms with E-state index in [0.29, 0.717) is 45.8 Å². The van der Waals surface area contributed by atoms with Gasteiger partial charge in [0.2, 0.25) is 0 Å². The Kier molecular flexibility index (Phi) is 11.8. The number of hydrogen-bond donors (Lipinski definition) is 4. The quantitative estimate of drug-likeness (QED) is 0.328. The fourth-order valence-electron chi connectivity index (χ4n) is 3.90. The molecule has 1 aromatic carbocycles. The number of benzene rings is 1. The molecule has 1 atom stereocenters. The van der Waals surface area contributed by atoms with Crippen molar-refractivity contribution in [2.75, 3.05) is 70.9 Å². The summed E-state index contributed by atoms with van der Waals surface area (Å²) in [6.07, 6.45) is 0.500. The van der Waals surface area contributed by atoms with Crippen LogP contribution in [0.25, 0.3) is 0 Å². The highest BCUT2D eigenvalue weighted by Gasteiger charge is 2.26. The van der Waals surface area contributed by atoms with Gasteiger partial charge in [0.15, 0.2) is 0 Å². The molecule has 0 aliphatic carbocycles. The molecule has 4 N–H and O–H groups in total. The number of ether oxygens (including phenoxy) is 1. The number of nitrogens with one attached hydrogen (secondary N) is 1. The lowest BCUT2D eigenvalue weighted by atomic mass is 10.0. The molecule has 12 heteroatoms. The highest BCUT2D eigenvalue weighted by molar-refractivity contribution is 7.79. The minimum atomic E-state index is -1.00. The predicted molar refractivity (Wildman–Crippen MR) is 129 cm³/mol. The number of nitrogens with zero attached hydrogens (tertiary/aromatic N) is 3. The average molecular weight is 497 g/mol. The molecule has 1 saturated heterocycles. The third kappa shape index (κ3) is 10.5. The SMILES string of the molecule is O=C(O)CN1CCOCCN(CC(=O)O)C(Cc2ccc(NC=S)cc2)CN(CC(=O)O)CC1. The summed E-state index contributed by atoms with van der Waals surface area (Å²) in [6.45, 7) is 1.70. The van der Waals surface area contributed by atoms with Crippen LogP contribution in [0.1, 0.15) is 5.56 Å². The van der Waals surface area contributed by atoms with E-state index in [4.69, 9.17) is 17.0 Å². The topological polar surface area (TPSA) is 143 Å². The summed E-state index contributed by atoms with van der Waals surface area (Å²) < 4.78 is 5.66. The van der Waals surface area contributed by atoms with E-state index >= 15 is 0 Å². The van der Waals surface area contributed by atoms with E-state index in [1.165, 1.54) is 5.49 Å². The normalized spacial score (nSPS) is 19.5. The average Bonchev–Trinajstić information content (AvgIpc) is 2.75. The van der Waals surface area contributed by atoms with Gasteiger partial charge in [-0.3, -0.25) is 29.1 Å².